The molecule has 0 aromatic rings. The van der Waals surface area contributed by atoms with Gasteiger partial charge in [-0.3, -0.25) is 4.90 Å². The summed E-state index contributed by atoms with van der Waals surface area (Å²) in [7, 11) is 3.24. The Bertz CT molecular complexity index is 132. The van der Waals surface area contributed by atoms with Crippen LogP contribution in [0.4, 0.5) is 13.2 Å². The SMILES string of the molecule is CCC(CN(C)CC(F)(F)F)NC. The van der Waals surface area contributed by atoms with Gasteiger partial charge in [0.15, 0.2) is 0 Å². The minimum absolute atomic E-state index is 0.132. The molecule has 0 bridgehead atoms. The van der Waals surface area contributed by atoms with Crippen LogP contribution in [0.3, 0.4) is 0 Å². The lowest BCUT2D eigenvalue weighted by Crippen LogP contribution is -2.41. The Kier molecular flexibility index (Phi) is 5.32. The molecule has 5 heteroatoms. The topological polar surface area (TPSA) is 15.3 Å². The van der Waals surface area contributed by atoms with Crippen molar-refractivity contribution in [2.75, 3.05) is 27.2 Å². The first kappa shape index (κ1) is 12.7. The van der Waals surface area contributed by atoms with E-state index >= 15 is 0 Å². The van der Waals surface area contributed by atoms with E-state index in [1.165, 1.54) is 11.9 Å². The van der Waals surface area contributed by atoms with Crippen LogP contribution >= 0.6 is 0 Å². The van der Waals surface area contributed by atoms with E-state index in [0.29, 0.717) is 6.54 Å². The highest BCUT2D eigenvalue weighted by Crippen LogP contribution is 2.15. The van der Waals surface area contributed by atoms with E-state index in [2.05, 4.69) is 5.32 Å². The van der Waals surface area contributed by atoms with Crippen LogP contribution in [0.25, 0.3) is 0 Å². The highest BCUT2D eigenvalue weighted by Gasteiger charge is 2.29. The molecule has 1 atom stereocenters. The highest BCUT2D eigenvalue weighted by atomic mass is 19.4. The van der Waals surface area contributed by atoms with E-state index < -0.39 is 12.7 Å². The molecule has 0 heterocycles. The molecule has 0 spiro atoms. The van der Waals surface area contributed by atoms with Gasteiger partial charge in [0.2, 0.25) is 0 Å². The Morgan fingerprint density at radius 3 is 2.23 bits per heavy atom. The van der Waals surface area contributed by atoms with Crippen LogP contribution < -0.4 is 5.32 Å². The number of alkyl halides is 3. The average Bonchev–Trinajstić information content (AvgIpc) is 1.96. The van der Waals surface area contributed by atoms with Gasteiger partial charge in [0.25, 0.3) is 0 Å². The van der Waals surface area contributed by atoms with Crippen molar-refractivity contribution in [2.45, 2.75) is 25.6 Å². The Morgan fingerprint density at radius 1 is 1.38 bits per heavy atom. The maximum Gasteiger partial charge on any atom is 0.401 e. The lowest BCUT2D eigenvalue weighted by molar-refractivity contribution is -0.143. The molecular weight excluding hydrogens is 181 g/mol. The quantitative estimate of drug-likeness (QED) is 0.719. The van der Waals surface area contributed by atoms with E-state index in [1.54, 1.807) is 7.05 Å². The molecule has 13 heavy (non-hydrogen) atoms. The fraction of sp³-hybridized carbons (Fsp3) is 1.00. The molecule has 0 aliphatic rings. The van der Waals surface area contributed by atoms with Gasteiger partial charge in [0.05, 0.1) is 6.54 Å². The minimum Gasteiger partial charge on any atom is -0.316 e. The minimum atomic E-state index is -4.10. The molecule has 0 saturated carbocycles. The Hall–Kier alpha value is -0.290. The first-order valence-electron chi connectivity index (χ1n) is 4.31. The molecule has 0 aliphatic heterocycles. The van der Waals surface area contributed by atoms with Crippen LogP contribution in [0.5, 0.6) is 0 Å². The van der Waals surface area contributed by atoms with E-state index in [0.717, 1.165) is 6.42 Å². The van der Waals surface area contributed by atoms with Crippen LogP contribution in [0, 0.1) is 0 Å². The second-order valence-electron chi connectivity index (χ2n) is 3.21. The van der Waals surface area contributed by atoms with Crippen molar-refractivity contribution in [2.24, 2.45) is 0 Å². The van der Waals surface area contributed by atoms with Gasteiger partial charge in [0.1, 0.15) is 0 Å². The van der Waals surface area contributed by atoms with Crippen molar-refractivity contribution < 1.29 is 13.2 Å². The van der Waals surface area contributed by atoms with Gasteiger partial charge in [-0.25, -0.2) is 0 Å². The van der Waals surface area contributed by atoms with Crippen LogP contribution in [-0.4, -0.2) is 44.3 Å². The molecule has 0 amide bonds. The Morgan fingerprint density at radius 2 is 1.92 bits per heavy atom. The fourth-order valence-electron chi connectivity index (χ4n) is 1.17. The summed E-state index contributed by atoms with van der Waals surface area (Å²) in [6, 6.07) is 0.132. The van der Waals surface area contributed by atoms with Gasteiger partial charge in [0, 0.05) is 12.6 Å². The molecule has 0 fully saturated rings. The summed E-state index contributed by atoms with van der Waals surface area (Å²) in [6.07, 6.45) is -3.26. The zero-order chi connectivity index (χ0) is 10.5. The van der Waals surface area contributed by atoms with Crippen molar-refractivity contribution in [3.05, 3.63) is 0 Å². The predicted molar refractivity (Wildman–Crippen MR) is 46.7 cm³/mol. The average molecular weight is 198 g/mol. The Balaban J connectivity index is 3.79. The first-order valence-corrected chi connectivity index (χ1v) is 4.31. The summed E-state index contributed by atoms with van der Waals surface area (Å²) >= 11 is 0. The number of halogens is 3. The molecule has 1 N–H and O–H groups in total. The lowest BCUT2D eigenvalue weighted by atomic mass is 10.2. The summed E-state index contributed by atoms with van der Waals surface area (Å²) in [4.78, 5) is 1.28. The maximum absolute atomic E-state index is 11.9. The van der Waals surface area contributed by atoms with Gasteiger partial charge in [-0.05, 0) is 20.5 Å². The summed E-state index contributed by atoms with van der Waals surface area (Å²) < 4.78 is 35.7. The van der Waals surface area contributed by atoms with E-state index in [1.807, 2.05) is 6.92 Å². The van der Waals surface area contributed by atoms with Gasteiger partial charge in [-0.2, -0.15) is 13.2 Å². The Labute approximate surface area is 77.1 Å². The molecule has 0 aromatic heterocycles. The standard InChI is InChI=1S/C8H17F3N2/c1-4-7(12-2)5-13(3)6-8(9,10)11/h7,12H,4-6H2,1-3H3. The zero-order valence-electron chi connectivity index (χ0n) is 8.28. The predicted octanol–water partition coefficient (Wildman–Crippen LogP) is 1.48. The molecule has 1 unspecified atom stereocenters. The number of nitrogens with zero attached hydrogens (tertiary/aromatic N) is 1. The monoisotopic (exact) mass is 198 g/mol. The van der Waals surface area contributed by atoms with Crippen LogP contribution in [0.2, 0.25) is 0 Å². The summed E-state index contributed by atoms with van der Waals surface area (Å²) in [5.74, 6) is 0. The van der Waals surface area contributed by atoms with Crippen LogP contribution in [-0.2, 0) is 0 Å². The zero-order valence-corrected chi connectivity index (χ0v) is 8.28. The van der Waals surface area contributed by atoms with E-state index in [-0.39, 0.29) is 6.04 Å². The molecule has 0 aliphatic carbocycles. The molecular formula is C8H17F3N2. The van der Waals surface area contributed by atoms with Crippen LogP contribution in [0.1, 0.15) is 13.3 Å². The normalized spacial score (nSPS) is 15.0. The van der Waals surface area contributed by atoms with Crippen LogP contribution in [0.15, 0.2) is 0 Å². The largest absolute Gasteiger partial charge is 0.401 e. The maximum atomic E-state index is 11.9. The van der Waals surface area contributed by atoms with Crippen molar-refractivity contribution in [1.82, 2.24) is 10.2 Å². The molecule has 0 radical (unpaired) electrons. The van der Waals surface area contributed by atoms with E-state index in [9.17, 15) is 13.2 Å². The lowest BCUT2D eigenvalue weighted by Gasteiger charge is -2.23. The number of likely N-dealkylation sites (N-methyl/N-ethyl adjacent to an activating group) is 2. The van der Waals surface area contributed by atoms with Crippen molar-refractivity contribution in [3.8, 4) is 0 Å². The van der Waals surface area contributed by atoms with Crippen molar-refractivity contribution in [1.29, 1.82) is 0 Å². The molecule has 0 aromatic carbocycles. The molecule has 0 rings (SSSR count). The summed E-state index contributed by atoms with van der Waals surface area (Å²) in [5.41, 5.74) is 0. The smallest absolute Gasteiger partial charge is 0.316 e. The third-order valence-electron chi connectivity index (χ3n) is 1.88. The molecule has 80 valence electrons. The summed E-state index contributed by atoms with van der Waals surface area (Å²) in [5, 5.41) is 2.96. The third-order valence-corrected chi connectivity index (χ3v) is 1.88. The van der Waals surface area contributed by atoms with Gasteiger partial charge < -0.3 is 5.32 Å². The molecule has 0 saturated heterocycles. The second kappa shape index (κ2) is 5.44. The van der Waals surface area contributed by atoms with Gasteiger partial charge in [-0.1, -0.05) is 6.92 Å². The number of hydrogen-bond acceptors (Lipinski definition) is 2. The van der Waals surface area contributed by atoms with E-state index in [4.69, 9.17) is 0 Å². The summed E-state index contributed by atoms with van der Waals surface area (Å²) in [6.45, 7) is 1.53. The van der Waals surface area contributed by atoms with Gasteiger partial charge >= 0.3 is 6.18 Å². The first-order chi connectivity index (χ1) is 5.89. The van der Waals surface area contributed by atoms with Gasteiger partial charge in [-0.15, -0.1) is 0 Å². The molecule has 2 nitrogen and oxygen atoms in total. The van der Waals surface area contributed by atoms with Crippen molar-refractivity contribution in [3.63, 3.8) is 0 Å². The highest BCUT2D eigenvalue weighted by molar-refractivity contribution is 4.68. The second-order valence-corrected chi connectivity index (χ2v) is 3.21. The number of rotatable bonds is 5. The number of nitrogens with one attached hydrogen (secondary N) is 1. The number of hydrogen-bond donors (Lipinski definition) is 1. The third kappa shape index (κ3) is 6.83. The fourth-order valence-corrected chi connectivity index (χ4v) is 1.17. The van der Waals surface area contributed by atoms with Crippen molar-refractivity contribution >= 4 is 0 Å².